The zero-order valence-electron chi connectivity index (χ0n) is 32.5. The summed E-state index contributed by atoms with van der Waals surface area (Å²) < 4.78 is 91.4. The summed E-state index contributed by atoms with van der Waals surface area (Å²) in [5, 5.41) is 27.6. The summed E-state index contributed by atoms with van der Waals surface area (Å²) in [4.78, 5) is 49.8. The Morgan fingerprint density at radius 2 is 1.44 bits per heavy atom. The van der Waals surface area contributed by atoms with Crippen LogP contribution in [-0.4, -0.2) is 88.4 Å². The fraction of sp³-hybridized carbons (Fsp3) is 0.514. The summed E-state index contributed by atoms with van der Waals surface area (Å²) >= 11 is 0. The Bertz CT molecular complexity index is 1900. The molecule has 1 aliphatic heterocycles. The zero-order valence-corrected chi connectivity index (χ0v) is 32.5. The van der Waals surface area contributed by atoms with Gasteiger partial charge in [0.25, 0.3) is 0 Å². The Kier molecular flexibility index (Phi) is 13.8. The molecule has 4 rings (SSSR count). The van der Waals surface area contributed by atoms with E-state index in [9.17, 15) is 45.8 Å². The standard InChI is InChI=1S/C27H28F6N6O3.C10H18O5/c1-5-25(34)12-17(22-19(39(25)24(40)41)6-7-21(37-22)42-4)23-35-13-20(38(2)3)18(36-23)10-14-8-15(26(28,29)30)11-16(9-14)27(31,32)33;1-9(2,7(11)12)5-15-6-10(3,4)8(13)14/h6-9,11,13,17H,5,10,12,34H2,1-4H3,(H,40,41);5-6H2,1-4H3,(H,11,12)(H,13,14)/t17-,25+;/m0./s1. The topological polar surface area (TPSA) is 202 Å². The van der Waals surface area contributed by atoms with E-state index >= 15 is 0 Å². The minimum Gasteiger partial charge on any atom is -0.481 e. The highest BCUT2D eigenvalue weighted by Gasteiger charge is 2.47. The number of alkyl halides is 6. The molecule has 0 spiro atoms. The molecule has 0 radical (unpaired) electrons. The molecule has 3 heterocycles. The van der Waals surface area contributed by atoms with Gasteiger partial charge in [0.05, 0.1) is 77.2 Å². The van der Waals surface area contributed by atoms with Crippen LogP contribution in [0.1, 0.15) is 87.3 Å². The van der Waals surface area contributed by atoms with Gasteiger partial charge in [-0.1, -0.05) is 6.92 Å². The lowest BCUT2D eigenvalue weighted by Gasteiger charge is -2.45. The molecular weight excluding hydrogens is 770 g/mol. The van der Waals surface area contributed by atoms with E-state index in [1.165, 1.54) is 53.1 Å². The number of fused-ring (bicyclic) bond motifs is 1. The molecule has 3 aromatic rings. The van der Waals surface area contributed by atoms with Crippen molar-refractivity contribution in [1.82, 2.24) is 15.0 Å². The van der Waals surface area contributed by atoms with Crippen LogP contribution in [0.25, 0.3) is 0 Å². The van der Waals surface area contributed by atoms with Crippen LogP contribution >= 0.6 is 0 Å². The first kappa shape index (κ1) is 46.1. The third-order valence-corrected chi connectivity index (χ3v) is 9.22. The molecule has 0 aliphatic carbocycles. The van der Waals surface area contributed by atoms with Crippen molar-refractivity contribution in [2.75, 3.05) is 44.2 Å². The number of anilines is 2. The third-order valence-electron chi connectivity index (χ3n) is 9.22. The molecule has 0 saturated carbocycles. The molecule has 5 N–H and O–H groups in total. The van der Waals surface area contributed by atoms with Crippen molar-refractivity contribution in [2.24, 2.45) is 16.6 Å². The van der Waals surface area contributed by atoms with Crippen LogP contribution in [0, 0.1) is 10.8 Å². The second kappa shape index (κ2) is 17.1. The van der Waals surface area contributed by atoms with Crippen LogP contribution in [0.3, 0.4) is 0 Å². The number of aliphatic carboxylic acids is 2. The van der Waals surface area contributed by atoms with Crippen LogP contribution in [0.2, 0.25) is 0 Å². The number of methoxy groups -OCH3 is 1. The van der Waals surface area contributed by atoms with Crippen LogP contribution in [0.4, 0.5) is 42.5 Å². The number of carboxylic acids is 2. The highest BCUT2D eigenvalue weighted by atomic mass is 19.4. The molecule has 2 atom stereocenters. The Balaban J connectivity index is 0.000000492. The van der Waals surface area contributed by atoms with Gasteiger partial charge in [-0.25, -0.2) is 19.7 Å². The van der Waals surface area contributed by atoms with Crippen LogP contribution in [0.5, 0.6) is 5.88 Å². The van der Waals surface area contributed by atoms with Gasteiger partial charge in [-0.3, -0.25) is 14.5 Å². The third kappa shape index (κ3) is 11.0. The summed E-state index contributed by atoms with van der Waals surface area (Å²) in [6.45, 7) is 7.83. The average Bonchev–Trinajstić information content (AvgIpc) is 3.09. The molecule has 20 heteroatoms. The lowest BCUT2D eigenvalue weighted by atomic mass is 9.83. The first-order valence-corrected chi connectivity index (χ1v) is 17.3. The number of nitrogens with two attached hydrogens (primary N) is 1. The van der Waals surface area contributed by atoms with Gasteiger partial charge in [-0.05, 0) is 70.4 Å². The molecule has 0 unspecified atom stereocenters. The molecule has 1 amide bonds. The number of hydrogen-bond acceptors (Lipinski definition) is 10. The predicted octanol–water partition coefficient (Wildman–Crippen LogP) is 6.88. The van der Waals surface area contributed by atoms with Gasteiger partial charge in [0, 0.05) is 26.6 Å². The number of pyridine rings is 1. The van der Waals surface area contributed by atoms with E-state index in [0.717, 1.165) is 4.90 Å². The van der Waals surface area contributed by atoms with E-state index < -0.39 is 63.9 Å². The van der Waals surface area contributed by atoms with Gasteiger partial charge in [-0.2, -0.15) is 26.3 Å². The fourth-order valence-corrected chi connectivity index (χ4v) is 5.70. The number of amides is 1. The van der Waals surface area contributed by atoms with Crippen molar-refractivity contribution in [2.45, 2.75) is 77.8 Å². The maximum atomic E-state index is 13.5. The van der Waals surface area contributed by atoms with Crippen LogP contribution in [-0.2, 0) is 33.1 Å². The van der Waals surface area contributed by atoms with Gasteiger partial charge in [0.1, 0.15) is 11.5 Å². The normalized spacial score (nSPS) is 17.2. The monoisotopic (exact) mass is 816 g/mol. The number of aromatic nitrogens is 3. The maximum Gasteiger partial charge on any atom is 0.416 e. The summed E-state index contributed by atoms with van der Waals surface area (Å²) in [6, 6.07) is 4.35. The molecular formula is C37H46F6N6O8. The Morgan fingerprint density at radius 3 is 1.86 bits per heavy atom. The van der Waals surface area contributed by atoms with Gasteiger partial charge in [0.2, 0.25) is 5.88 Å². The van der Waals surface area contributed by atoms with Gasteiger partial charge >= 0.3 is 30.4 Å². The minimum atomic E-state index is -5.01. The summed E-state index contributed by atoms with van der Waals surface area (Å²) in [6.07, 6.45) is -10.1. The fourth-order valence-electron chi connectivity index (χ4n) is 5.70. The average molecular weight is 817 g/mol. The first-order valence-electron chi connectivity index (χ1n) is 17.3. The second-order valence-corrected chi connectivity index (χ2v) is 15.0. The quantitative estimate of drug-likeness (QED) is 0.138. The number of carboxylic acid groups (broad SMARTS) is 3. The zero-order chi connectivity index (χ0) is 43.5. The van der Waals surface area contributed by atoms with Gasteiger partial charge in [-0.15, -0.1) is 0 Å². The van der Waals surface area contributed by atoms with E-state index in [4.69, 9.17) is 25.4 Å². The van der Waals surface area contributed by atoms with Crippen molar-refractivity contribution in [3.8, 4) is 5.88 Å². The van der Waals surface area contributed by atoms with Crippen molar-refractivity contribution < 1.29 is 65.5 Å². The number of halogens is 6. The highest BCUT2D eigenvalue weighted by Crippen LogP contribution is 2.45. The Hall–Kier alpha value is -5.24. The maximum absolute atomic E-state index is 13.5. The molecule has 314 valence electrons. The first-order chi connectivity index (χ1) is 26.1. The van der Waals surface area contributed by atoms with E-state index in [1.54, 1.807) is 25.9 Å². The predicted molar refractivity (Wildman–Crippen MR) is 194 cm³/mol. The molecule has 1 aliphatic rings. The van der Waals surface area contributed by atoms with Crippen molar-refractivity contribution in [1.29, 1.82) is 0 Å². The molecule has 14 nitrogen and oxygen atoms in total. The molecule has 0 fully saturated rings. The number of ether oxygens (including phenoxy) is 2. The molecule has 57 heavy (non-hydrogen) atoms. The number of hydrogen-bond donors (Lipinski definition) is 4. The lowest BCUT2D eigenvalue weighted by Crippen LogP contribution is -2.61. The van der Waals surface area contributed by atoms with E-state index in [1.807, 2.05) is 0 Å². The van der Waals surface area contributed by atoms with Crippen molar-refractivity contribution in [3.05, 3.63) is 70.4 Å². The van der Waals surface area contributed by atoms with E-state index in [2.05, 4.69) is 15.0 Å². The van der Waals surface area contributed by atoms with Gasteiger partial charge in [0.15, 0.2) is 0 Å². The minimum absolute atomic E-state index is 0.000949. The molecule has 2 aromatic heterocycles. The van der Waals surface area contributed by atoms with Crippen molar-refractivity contribution in [3.63, 3.8) is 0 Å². The Labute approximate surface area is 324 Å². The number of rotatable bonds is 12. The highest BCUT2D eigenvalue weighted by molar-refractivity contribution is 5.89. The molecule has 0 saturated heterocycles. The molecule has 0 bridgehead atoms. The smallest absolute Gasteiger partial charge is 0.416 e. The summed E-state index contributed by atoms with van der Waals surface area (Å²) in [5.74, 6) is -2.41. The van der Waals surface area contributed by atoms with Gasteiger partial charge < -0.3 is 35.4 Å². The van der Waals surface area contributed by atoms with Crippen LogP contribution in [0.15, 0.2) is 36.5 Å². The SMILES string of the molecule is CC(C)(COCC(C)(C)C(=O)O)C(=O)O.CC[C@]1(N)C[C@H](c2ncc(N(C)C)c(Cc3cc(C(F)(F)F)cc(C(F)(F)F)c3)n2)c2nc(OC)ccc2N1C(=O)O. The summed E-state index contributed by atoms with van der Waals surface area (Å²) in [5.41, 5.74) is 1.01. The lowest BCUT2D eigenvalue weighted by molar-refractivity contribution is -0.155. The number of benzene rings is 1. The van der Waals surface area contributed by atoms with E-state index in [0.29, 0.717) is 17.8 Å². The second-order valence-electron chi connectivity index (χ2n) is 15.0. The summed E-state index contributed by atoms with van der Waals surface area (Å²) in [7, 11) is 4.64. The number of carbonyl (C=O) groups is 3. The van der Waals surface area contributed by atoms with Crippen molar-refractivity contribution >= 4 is 29.4 Å². The Morgan fingerprint density at radius 1 is 0.912 bits per heavy atom. The number of nitrogens with zero attached hydrogens (tertiary/aromatic N) is 5. The molecule has 1 aromatic carbocycles. The van der Waals surface area contributed by atoms with E-state index in [-0.39, 0.29) is 72.9 Å². The van der Waals surface area contributed by atoms with Crippen LogP contribution < -0.4 is 20.3 Å². The largest absolute Gasteiger partial charge is 0.481 e.